The minimum absolute atomic E-state index is 0. The van der Waals surface area contributed by atoms with Gasteiger partial charge in [0.2, 0.25) is 0 Å². The molecule has 0 spiro atoms. The fraction of sp³-hybridized carbons (Fsp3) is 0.125. The van der Waals surface area contributed by atoms with Crippen LogP contribution in [0, 0.1) is 0 Å². The van der Waals surface area contributed by atoms with Gasteiger partial charge >= 0.3 is 17.4 Å². The van der Waals surface area contributed by atoms with Crippen LogP contribution in [-0.4, -0.2) is 16.0 Å². The van der Waals surface area contributed by atoms with E-state index in [9.17, 15) is 4.79 Å². The number of ketones is 1. The van der Waals surface area contributed by atoms with Crippen LogP contribution >= 0.6 is 0 Å². The van der Waals surface area contributed by atoms with Gasteiger partial charge in [0.15, 0.2) is 5.78 Å². The van der Waals surface area contributed by atoms with E-state index in [-0.39, 0.29) is 40.2 Å². The number of benzene rings is 1. The van der Waals surface area contributed by atoms with Crippen LogP contribution in [0.1, 0.15) is 17.3 Å². The Morgan fingerprint density at radius 3 is 2.33 bits per heavy atom. The van der Waals surface area contributed by atoms with Crippen molar-refractivity contribution >= 4 is 5.78 Å². The Morgan fingerprint density at radius 2 is 1.92 bits per heavy atom. The molecule has 1 aromatic carbocycles. The molecule has 0 aromatic heterocycles. The smallest absolute Gasteiger partial charge is 0.508 e. The monoisotopic (exact) mass is 204 g/mol. The molecule has 3 nitrogen and oxygen atoms in total. The first-order valence-corrected chi connectivity index (χ1v) is 3.14. The molecule has 0 saturated heterocycles. The van der Waals surface area contributed by atoms with Gasteiger partial charge in [-0.1, -0.05) is 0 Å². The zero-order valence-corrected chi connectivity index (χ0v) is 7.72. The molecule has 0 atom stereocenters. The summed E-state index contributed by atoms with van der Waals surface area (Å²) in [7, 11) is 0. The third-order valence-electron chi connectivity index (χ3n) is 1.36. The average Bonchev–Trinajstić information content (AvgIpc) is 1.94. The van der Waals surface area contributed by atoms with E-state index < -0.39 is 0 Å². The second-order valence-corrected chi connectivity index (χ2v) is 2.26. The molecule has 0 bridgehead atoms. The normalized spacial score (nSPS) is 8.75. The Morgan fingerprint density at radius 1 is 1.33 bits per heavy atom. The predicted octanol–water partition coefficient (Wildman–Crippen LogP) is 1.30. The number of hydrogen-bond donors (Lipinski definition) is 2. The summed E-state index contributed by atoms with van der Waals surface area (Å²) in [4.78, 5) is 10.7. The second kappa shape index (κ2) is 4.15. The molecule has 0 aliphatic heterocycles. The molecule has 2 N–H and O–H groups in total. The number of carbonyl (C=O) groups excluding carboxylic acids is 1. The van der Waals surface area contributed by atoms with Crippen molar-refractivity contribution in [2.45, 2.75) is 6.92 Å². The van der Waals surface area contributed by atoms with Gasteiger partial charge in [-0.05, 0) is 25.1 Å². The fourth-order valence-corrected chi connectivity index (χ4v) is 0.806. The first-order valence-electron chi connectivity index (χ1n) is 3.14. The molecule has 4 heteroatoms. The minimum Gasteiger partial charge on any atom is -0.508 e. The van der Waals surface area contributed by atoms with Gasteiger partial charge in [0, 0.05) is 0 Å². The van der Waals surface area contributed by atoms with Gasteiger partial charge in [0.1, 0.15) is 11.5 Å². The van der Waals surface area contributed by atoms with E-state index in [1.807, 2.05) is 0 Å². The maximum absolute atomic E-state index is 10.7. The molecule has 0 radical (unpaired) electrons. The van der Waals surface area contributed by atoms with Crippen molar-refractivity contribution in [1.82, 2.24) is 0 Å². The van der Waals surface area contributed by atoms with Crippen molar-refractivity contribution in [3.63, 3.8) is 0 Å². The second-order valence-electron chi connectivity index (χ2n) is 2.26. The molecule has 0 heterocycles. The molecular formula is C8H8CrO3+2. The van der Waals surface area contributed by atoms with Crippen LogP contribution in [0.15, 0.2) is 18.2 Å². The number of carbonyl (C=O) groups is 1. The van der Waals surface area contributed by atoms with E-state index in [2.05, 4.69) is 0 Å². The summed E-state index contributed by atoms with van der Waals surface area (Å²) in [6.45, 7) is 1.33. The van der Waals surface area contributed by atoms with Gasteiger partial charge in [0.05, 0.1) is 5.56 Å². The predicted molar refractivity (Wildman–Crippen MR) is 39.8 cm³/mol. The molecule has 0 amide bonds. The van der Waals surface area contributed by atoms with Crippen molar-refractivity contribution in [2.75, 3.05) is 0 Å². The summed E-state index contributed by atoms with van der Waals surface area (Å²) in [5.41, 5.74) is 0.144. The fourth-order valence-electron chi connectivity index (χ4n) is 0.806. The summed E-state index contributed by atoms with van der Waals surface area (Å²) >= 11 is 0. The van der Waals surface area contributed by atoms with Gasteiger partial charge in [0.25, 0.3) is 0 Å². The summed E-state index contributed by atoms with van der Waals surface area (Å²) in [5, 5.41) is 18.0. The van der Waals surface area contributed by atoms with E-state index in [1.165, 1.54) is 25.1 Å². The summed E-state index contributed by atoms with van der Waals surface area (Å²) < 4.78 is 0. The van der Waals surface area contributed by atoms with E-state index in [0.29, 0.717) is 0 Å². The Bertz CT molecular complexity index is 296. The van der Waals surface area contributed by atoms with E-state index in [1.54, 1.807) is 0 Å². The first kappa shape index (κ1) is 11.0. The molecule has 0 aliphatic carbocycles. The molecule has 0 aliphatic rings. The van der Waals surface area contributed by atoms with Gasteiger partial charge < -0.3 is 10.2 Å². The van der Waals surface area contributed by atoms with Crippen molar-refractivity contribution in [3.05, 3.63) is 23.8 Å². The standard InChI is InChI=1S/C8H8O3.Cr/c1-5(9)7-4-6(10)2-3-8(7)11;/h2-4,10-11H,1H3;/q;+2. The number of Topliss-reactive ketones (excluding diaryl/α,β-unsaturated/α-hetero) is 1. The minimum atomic E-state index is -0.265. The van der Waals surface area contributed by atoms with Crippen LogP contribution in [0.5, 0.6) is 11.5 Å². The van der Waals surface area contributed by atoms with E-state index in [4.69, 9.17) is 10.2 Å². The molecule has 0 fully saturated rings. The molecule has 62 valence electrons. The maximum atomic E-state index is 10.7. The SMILES string of the molecule is CC(=O)c1cc(O)ccc1O.[Cr+2]. The molecule has 0 unspecified atom stereocenters. The van der Waals surface area contributed by atoms with Crippen LogP contribution in [0.3, 0.4) is 0 Å². The Kier molecular flexibility index (Phi) is 3.81. The van der Waals surface area contributed by atoms with Crippen molar-refractivity contribution in [2.24, 2.45) is 0 Å². The Labute approximate surface area is 80.8 Å². The van der Waals surface area contributed by atoms with Crippen LogP contribution in [-0.2, 0) is 17.4 Å². The number of hydrogen-bond acceptors (Lipinski definition) is 3. The third kappa shape index (κ3) is 2.26. The molecule has 1 aromatic rings. The average molecular weight is 204 g/mol. The Hall–Kier alpha value is -0.978. The van der Waals surface area contributed by atoms with Crippen molar-refractivity contribution in [3.8, 4) is 11.5 Å². The quantitative estimate of drug-likeness (QED) is 0.535. The number of aromatic hydroxyl groups is 2. The zero-order chi connectivity index (χ0) is 8.43. The van der Waals surface area contributed by atoms with E-state index in [0.717, 1.165) is 0 Å². The van der Waals surface area contributed by atoms with E-state index >= 15 is 0 Å². The van der Waals surface area contributed by atoms with Gasteiger partial charge in [-0.25, -0.2) is 0 Å². The summed E-state index contributed by atoms with van der Waals surface area (Å²) in [6, 6.07) is 3.84. The number of rotatable bonds is 1. The maximum Gasteiger partial charge on any atom is 2.00 e. The summed E-state index contributed by atoms with van der Waals surface area (Å²) in [5.74, 6) is -0.387. The topological polar surface area (TPSA) is 57.5 Å². The molecule has 1 rings (SSSR count). The Balaban J connectivity index is 0.00000121. The zero-order valence-electron chi connectivity index (χ0n) is 6.44. The van der Waals surface area contributed by atoms with Gasteiger partial charge in [-0.15, -0.1) is 0 Å². The summed E-state index contributed by atoms with van der Waals surface area (Å²) in [6.07, 6.45) is 0. The van der Waals surface area contributed by atoms with Crippen molar-refractivity contribution < 1.29 is 32.4 Å². The number of phenols is 2. The van der Waals surface area contributed by atoms with Gasteiger partial charge in [-0.3, -0.25) is 4.79 Å². The number of phenolic OH excluding ortho intramolecular Hbond substituents is 2. The van der Waals surface area contributed by atoms with Crippen molar-refractivity contribution in [1.29, 1.82) is 0 Å². The van der Waals surface area contributed by atoms with Crippen LogP contribution in [0.4, 0.5) is 0 Å². The van der Waals surface area contributed by atoms with Crippen LogP contribution in [0.2, 0.25) is 0 Å². The molecule has 0 saturated carbocycles. The largest absolute Gasteiger partial charge is 2.00 e. The third-order valence-corrected chi connectivity index (χ3v) is 1.36. The molecule has 12 heavy (non-hydrogen) atoms. The van der Waals surface area contributed by atoms with Crippen LogP contribution < -0.4 is 0 Å². The molecular weight excluding hydrogens is 196 g/mol. The van der Waals surface area contributed by atoms with Crippen LogP contribution in [0.25, 0.3) is 0 Å². The van der Waals surface area contributed by atoms with Gasteiger partial charge in [-0.2, -0.15) is 0 Å². The first-order chi connectivity index (χ1) is 5.11.